The molecule has 0 heterocycles. The van der Waals surface area contributed by atoms with Crippen LogP contribution in [0.15, 0.2) is 11.6 Å². The SMILES string of the molecule is CC/C=C(/C)C(=O)NC1C2CCC(C2)C1C(=O)OC. The average molecular weight is 265 g/mol. The van der Waals surface area contributed by atoms with E-state index in [0.29, 0.717) is 11.8 Å². The first-order valence-electron chi connectivity index (χ1n) is 7.13. The van der Waals surface area contributed by atoms with Crippen LogP contribution < -0.4 is 5.32 Å². The molecule has 1 amide bonds. The summed E-state index contributed by atoms with van der Waals surface area (Å²) in [7, 11) is 1.43. The quantitative estimate of drug-likeness (QED) is 0.625. The molecular weight excluding hydrogens is 242 g/mol. The van der Waals surface area contributed by atoms with Crippen LogP contribution in [0.5, 0.6) is 0 Å². The molecule has 1 N–H and O–H groups in total. The molecule has 2 aliphatic carbocycles. The number of allylic oxidation sites excluding steroid dienone is 1. The van der Waals surface area contributed by atoms with E-state index < -0.39 is 0 Å². The molecular formula is C15H23NO3. The van der Waals surface area contributed by atoms with Crippen molar-refractivity contribution in [2.75, 3.05) is 7.11 Å². The first kappa shape index (κ1) is 14.1. The highest BCUT2D eigenvalue weighted by Crippen LogP contribution is 2.48. The van der Waals surface area contributed by atoms with Crippen molar-refractivity contribution in [3.8, 4) is 0 Å². The summed E-state index contributed by atoms with van der Waals surface area (Å²) in [5.74, 6) is 0.454. The number of ether oxygens (including phenoxy) is 1. The number of methoxy groups -OCH3 is 1. The third kappa shape index (κ3) is 2.67. The second-order valence-electron chi connectivity index (χ2n) is 5.68. The smallest absolute Gasteiger partial charge is 0.311 e. The summed E-state index contributed by atoms with van der Waals surface area (Å²) in [6, 6.07) is -0.0427. The summed E-state index contributed by atoms with van der Waals surface area (Å²) >= 11 is 0. The van der Waals surface area contributed by atoms with Crippen molar-refractivity contribution < 1.29 is 14.3 Å². The molecule has 0 aromatic carbocycles. The zero-order valence-corrected chi connectivity index (χ0v) is 11.9. The van der Waals surface area contributed by atoms with Gasteiger partial charge in [-0.05, 0) is 44.4 Å². The Labute approximate surface area is 114 Å². The second kappa shape index (κ2) is 5.76. The third-order valence-electron chi connectivity index (χ3n) is 4.56. The largest absolute Gasteiger partial charge is 0.469 e. The van der Waals surface area contributed by atoms with E-state index in [1.807, 2.05) is 19.9 Å². The number of amides is 1. The van der Waals surface area contributed by atoms with E-state index in [4.69, 9.17) is 4.74 Å². The summed E-state index contributed by atoms with van der Waals surface area (Å²) in [5, 5.41) is 3.05. The van der Waals surface area contributed by atoms with Gasteiger partial charge < -0.3 is 10.1 Å². The van der Waals surface area contributed by atoms with Crippen LogP contribution in [-0.4, -0.2) is 25.0 Å². The average Bonchev–Trinajstić information content (AvgIpc) is 2.99. The Bertz CT molecular complexity index is 402. The Morgan fingerprint density at radius 2 is 2.00 bits per heavy atom. The Balaban J connectivity index is 2.07. The van der Waals surface area contributed by atoms with Gasteiger partial charge in [-0.2, -0.15) is 0 Å². The van der Waals surface area contributed by atoms with Gasteiger partial charge in [-0.1, -0.05) is 13.0 Å². The summed E-state index contributed by atoms with van der Waals surface area (Å²) in [4.78, 5) is 24.0. The Hall–Kier alpha value is -1.32. The Morgan fingerprint density at radius 3 is 2.63 bits per heavy atom. The first-order chi connectivity index (χ1) is 9.08. The first-order valence-corrected chi connectivity index (χ1v) is 7.13. The molecule has 2 fully saturated rings. The van der Waals surface area contributed by atoms with E-state index in [2.05, 4.69) is 5.32 Å². The number of hydrogen-bond donors (Lipinski definition) is 1. The number of carbonyl (C=O) groups excluding carboxylic acids is 2. The zero-order valence-electron chi connectivity index (χ0n) is 11.9. The van der Waals surface area contributed by atoms with Gasteiger partial charge in [0, 0.05) is 11.6 Å². The van der Waals surface area contributed by atoms with Crippen LogP contribution >= 0.6 is 0 Å². The molecule has 4 nitrogen and oxygen atoms in total. The molecule has 0 spiro atoms. The van der Waals surface area contributed by atoms with Crippen molar-refractivity contribution in [3.05, 3.63) is 11.6 Å². The molecule has 4 unspecified atom stereocenters. The molecule has 106 valence electrons. The lowest BCUT2D eigenvalue weighted by atomic mass is 9.84. The number of esters is 1. The molecule has 0 aromatic heterocycles. The lowest BCUT2D eigenvalue weighted by molar-refractivity contribution is -0.148. The number of carbonyl (C=O) groups is 2. The molecule has 0 saturated heterocycles. The predicted molar refractivity (Wildman–Crippen MR) is 72.3 cm³/mol. The van der Waals surface area contributed by atoms with Gasteiger partial charge in [0.05, 0.1) is 13.0 Å². The van der Waals surface area contributed by atoms with Crippen LogP contribution in [0.2, 0.25) is 0 Å². The van der Waals surface area contributed by atoms with Crippen LogP contribution in [0.4, 0.5) is 0 Å². The number of hydrogen-bond acceptors (Lipinski definition) is 3. The predicted octanol–water partition coefficient (Wildman–Crippen LogP) is 2.05. The number of rotatable bonds is 4. The third-order valence-corrected chi connectivity index (χ3v) is 4.56. The van der Waals surface area contributed by atoms with Crippen molar-refractivity contribution in [3.63, 3.8) is 0 Å². The molecule has 2 saturated carbocycles. The van der Waals surface area contributed by atoms with Crippen LogP contribution in [0.25, 0.3) is 0 Å². The summed E-state index contributed by atoms with van der Waals surface area (Å²) in [6.45, 7) is 3.82. The molecule has 0 radical (unpaired) electrons. The van der Waals surface area contributed by atoms with Crippen molar-refractivity contribution in [2.45, 2.75) is 45.6 Å². The van der Waals surface area contributed by atoms with Crippen LogP contribution in [0.1, 0.15) is 39.5 Å². The minimum atomic E-state index is -0.172. The monoisotopic (exact) mass is 265 g/mol. The fourth-order valence-corrected chi connectivity index (χ4v) is 3.64. The normalized spacial score (nSPS) is 33.3. The van der Waals surface area contributed by atoms with Gasteiger partial charge in [-0.25, -0.2) is 0 Å². The van der Waals surface area contributed by atoms with Crippen LogP contribution in [0.3, 0.4) is 0 Å². The maximum atomic E-state index is 12.1. The minimum Gasteiger partial charge on any atom is -0.469 e. The lowest BCUT2D eigenvalue weighted by Gasteiger charge is -2.29. The summed E-state index contributed by atoms with van der Waals surface area (Å²) < 4.78 is 4.90. The highest BCUT2D eigenvalue weighted by Gasteiger charge is 2.51. The van der Waals surface area contributed by atoms with E-state index in [9.17, 15) is 9.59 Å². The minimum absolute atomic E-state index is 0.0427. The van der Waals surface area contributed by atoms with E-state index >= 15 is 0 Å². The van der Waals surface area contributed by atoms with Gasteiger partial charge in [-0.15, -0.1) is 0 Å². The zero-order chi connectivity index (χ0) is 14.0. The topological polar surface area (TPSA) is 55.4 Å². The molecule has 4 heteroatoms. The molecule has 0 aromatic rings. The molecule has 2 rings (SSSR count). The number of nitrogens with one attached hydrogen (secondary N) is 1. The Kier molecular flexibility index (Phi) is 4.27. The van der Waals surface area contributed by atoms with Crippen LogP contribution in [0, 0.1) is 17.8 Å². The van der Waals surface area contributed by atoms with Gasteiger partial charge in [0.15, 0.2) is 0 Å². The van der Waals surface area contributed by atoms with E-state index in [-0.39, 0.29) is 23.8 Å². The van der Waals surface area contributed by atoms with Gasteiger partial charge in [-0.3, -0.25) is 9.59 Å². The van der Waals surface area contributed by atoms with Crippen molar-refractivity contribution in [1.82, 2.24) is 5.32 Å². The maximum absolute atomic E-state index is 12.1. The summed E-state index contributed by atoms with van der Waals surface area (Å²) in [6.07, 6.45) is 5.99. The van der Waals surface area contributed by atoms with E-state index in [0.717, 1.165) is 31.3 Å². The number of fused-ring (bicyclic) bond motifs is 2. The Morgan fingerprint density at radius 1 is 1.32 bits per heavy atom. The molecule has 19 heavy (non-hydrogen) atoms. The van der Waals surface area contributed by atoms with Gasteiger partial charge in [0.1, 0.15) is 0 Å². The van der Waals surface area contributed by atoms with Crippen molar-refractivity contribution >= 4 is 11.9 Å². The highest BCUT2D eigenvalue weighted by molar-refractivity contribution is 5.93. The molecule has 2 aliphatic rings. The van der Waals surface area contributed by atoms with E-state index in [1.54, 1.807) is 0 Å². The highest BCUT2D eigenvalue weighted by atomic mass is 16.5. The lowest BCUT2D eigenvalue weighted by Crippen LogP contribution is -2.47. The molecule has 4 atom stereocenters. The van der Waals surface area contributed by atoms with Crippen molar-refractivity contribution in [1.29, 1.82) is 0 Å². The fraction of sp³-hybridized carbons (Fsp3) is 0.733. The maximum Gasteiger partial charge on any atom is 0.311 e. The standard InChI is InChI=1S/C15H23NO3/c1-4-5-9(2)14(17)16-13-11-7-6-10(8-11)12(13)15(18)19-3/h5,10-13H,4,6-8H2,1-3H3,(H,16,17)/b9-5-. The molecule has 2 bridgehead atoms. The fourth-order valence-electron chi connectivity index (χ4n) is 3.64. The van der Waals surface area contributed by atoms with Crippen LogP contribution in [-0.2, 0) is 14.3 Å². The van der Waals surface area contributed by atoms with Gasteiger partial charge >= 0.3 is 5.97 Å². The van der Waals surface area contributed by atoms with Gasteiger partial charge in [0.25, 0.3) is 0 Å². The second-order valence-corrected chi connectivity index (χ2v) is 5.68. The van der Waals surface area contributed by atoms with Gasteiger partial charge in [0.2, 0.25) is 5.91 Å². The van der Waals surface area contributed by atoms with Crippen molar-refractivity contribution in [2.24, 2.45) is 17.8 Å². The van der Waals surface area contributed by atoms with E-state index in [1.165, 1.54) is 7.11 Å². The molecule has 0 aliphatic heterocycles. The summed E-state index contributed by atoms with van der Waals surface area (Å²) in [5.41, 5.74) is 0.730.